The number of nitrogens with zero attached hydrogens (tertiary/aromatic N) is 3. The number of aryl methyl sites for hydroxylation is 1. The number of anilines is 1. The summed E-state index contributed by atoms with van der Waals surface area (Å²) >= 11 is 1.66. The predicted octanol–water partition coefficient (Wildman–Crippen LogP) is 5.51. The van der Waals surface area contributed by atoms with Gasteiger partial charge < -0.3 is 9.73 Å². The zero-order valence-corrected chi connectivity index (χ0v) is 16.5. The molecule has 0 aliphatic carbocycles. The summed E-state index contributed by atoms with van der Waals surface area (Å²) in [6.45, 7) is 6.37. The highest BCUT2D eigenvalue weighted by atomic mass is 32.1. The second kappa shape index (κ2) is 7.48. The van der Waals surface area contributed by atoms with E-state index in [1.54, 1.807) is 17.5 Å². The molecule has 1 atom stereocenters. The summed E-state index contributed by atoms with van der Waals surface area (Å²) < 4.78 is 5.93. The monoisotopic (exact) mass is 378 g/mol. The van der Waals surface area contributed by atoms with Gasteiger partial charge in [-0.25, -0.2) is 4.98 Å². The lowest BCUT2D eigenvalue weighted by Gasteiger charge is -2.15. The van der Waals surface area contributed by atoms with Gasteiger partial charge in [0.1, 0.15) is 5.52 Å². The van der Waals surface area contributed by atoms with Crippen LogP contribution in [0.3, 0.4) is 0 Å². The second-order valence-corrected chi connectivity index (χ2v) is 7.98. The summed E-state index contributed by atoms with van der Waals surface area (Å²) in [4.78, 5) is 13.7. The van der Waals surface area contributed by atoms with Gasteiger partial charge in [0.25, 0.3) is 6.01 Å². The number of thiazole rings is 1. The molecule has 0 fully saturated rings. The number of hydrogen-bond donors (Lipinski definition) is 1. The molecule has 0 amide bonds. The SMILES string of the molecule is Cc1nc(CC(Nc2nc3cc(C(C)C)ccc3o2)c2ccccn2)cs1. The molecule has 1 unspecified atom stereocenters. The first kappa shape index (κ1) is 17.7. The lowest BCUT2D eigenvalue weighted by Crippen LogP contribution is -2.15. The summed E-state index contributed by atoms with van der Waals surface area (Å²) in [6, 6.07) is 12.5. The van der Waals surface area contributed by atoms with E-state index < -0.39 is 0 Å². The molecule has 0 aliphatic rings. The molecule has 1 N–H and O–H groups in total. The van der Waals surface area contributed by atoms with Crippen LogP contribution in [0.15, 0.2) is 52.4 Å². The van der Waals surface area contributed by atoms with Crippen LogP contribution < -0.4 is 5.32 Å². The molecule has 27 heavy (non-hydrogen) atoms. The molecule has 1 aromatic carbocycles. The van der Waals surface area contributed by atoms with Gasteiger partial charge in [-0.05, 0) is 42.7 Å². The van der Waals surface area contributed by atoms with Gasteiger partial charge in [0, 0.05) is 18.0 Å². The second-order valence-electron chi connectivity index (χ2n) is 6.91. The smallest absolute Gasteiger partial charge is 0.296 e. The fourth-order valence-electron chi connectivity index (χ4n) is 3.04. The third kappa shape index (κ3) is 4.01. The van der Waals surface area contributed by atoms with Crippen molar-refractivity contribution in [1.82, 2.24) is 15.0 Å². The molecule has 3 heterocycles. The lowest BCUT2D eigenvalue weighted by atomic mass is 10.0. The Morgan fingerprint density at radius 1 is 1.15 bits per heavy atom. The Bertz CT molecular complexity index is 1040. The van der Waals surface area contributed by atoms with Crippen LogP contribution in [-0.4, -0.2) is 15.0 Å². The van der Waals surface area contributed by atoms with E-state index in [0.717, 1.165) is 33.9 Å². The van der Waals surface area contributed by atoms with Gasteiger partial charge in [0.2, 0.25) is 0 Å². The van der Waals surface area contributed by atoms with Gasteiger partial charge in [0.15, 0.2) is 5.58 Å². The molecular formula is C21H22N4OS. The minimum Gasteiger partial charge on any atom is -0.424 e. The van der Waals surface area contributed by atoms with Crippen LogP contribution in [0.2, 0.25) is 0 Å². The number of rotatable bonds is 6. The van der Waals surface area contributed by atoms with Gasteiger partial charge >= 0.3 is 0 Å². The van der Waals surface area contributed by atoms with Gasteiger partial charge in [-0.3, -0.25) is 4.98 Å². The third-order valence-electron chi connectivity index (χ3n) is 4.50. The highest BCUT2D eigenvalue weighted by molar-refractivity contribution is 7.09. The highest BCUT2D eigenvalue weighted by Crippen LogP contribution is 2.27. The quantitative estimate of drug-likeness (QED) is 0.479. The Morgan fingerprint density at radius 2 is 2.04 bits per heavy atom. The number of fused-ring (bicyclic) bond motifs is 1. The zero-order valence-electron chi connectivity index (χ0n) is 15.6. The predicted molar refractivity (Wildman–Crippen MR) is 109 cm³/mol. The van der Waals surface area contributed by atoms with Gasteiger partial charge in [-0.15, -0.1) is 11.3 Å². The molecule has 0 radical (unpaired) electrons. The van der Waals surface area contributed by atoms with Crippen LogP contribution in [0, 0.1) is 6.92 Å². The van der Waals surface area contributed by atoms with Crippen LogP contribution >= 0.6 is 11.3 Å². The van der Waals surface area contributed by atoms with Gasteiger partial charge in [-0.2, -0.15) is 4.98 Å². The van der Waals surface area contributed by atoms with E-state index in [4.69, 9.17) is 4.42 Å². The van der Waals surface area contributed by atoms with E-state index in [0.29, 0.717) is 11.9 Å². The van der Waals surface area contributed by atoms with Crippen molar-refractivity contribution < 1.29 is 4.42 Å². The zero-order chi connectivity index (χ0) is 18.8. The van der Waals surface area contributed by atoms with E-state index in [1.165, 1.54) is 5.56 Å². The summed E-state index contributed by atoms with van der Waals surface area (Å²) in [7, 11) is 0. The van der Waals surface area contributed by atoms with Crippen molar-refractivity contribution in [3.8, 4) is 0 Å². The standard InChI is InChI=1S/C21H22N4OS/c1-13(2)15-7-8-20-19(10-15)25-21(26-20)24-18(17-6-4-5-9-22-17)11-16-12-27-14(3)23-16/h4-10,12-13,18H,11H2,1-3H3,(H,24,25). The Hall–Kier alpha value is -2.73. The molecule has 0 bridgehead atoms. The lowest BCUT2D eigenvalue weighted by molar-refractivity contribution is 0.591. The van der Waals surface area contributed by atoms with Crippen LogP contribution in [0.25, 0.3) is 11.1 Å². The van der Waals surface area contributed by atoms with E-state index in [-0.39, 0.29) is 6.04 Å². The molecule has 0 saturated heterocycles. The van der Waals surface area contributed by atoms with E-state index in [2.05, 4.69) is 51.6 Å². The maximum absolute atomic E-state index is 5.93. The number of hydrogen-bond acceptors (Lipinski definition) is 6. The van der Waals surface area contributed by atoms with Crippen molar-refractivity contribution in [3.63, 3.8) is 0 Å². The fraction of sp³-hybridized carbons (Fsp3) is 0.286. The maximum atomic E-state index is 5.93. The van der Waals surface area contributed by atoms with Gasteiger partial charge in [0.05, 0.1) is 22.4 Å². The molecule has 6 heteroatoms. The van der Waals surface area contributed by atoms with Crippen molar-refractivity contribution in [2.75, 3.05) is 5.32 Å². The van der Waals surface area contributed by atoms with Crippen LogP contribution in [0.1, 0.15) is 47.8 Å². The van der Waals surface area contributed by atoms with Crippen molar-refractivity contribution in [2.24, 2.45) is 0 Å². The average Bonchev–Trinajstić information content (AvgIpc) is 3.26. The molecule has 0 saturated carbocycles. The van der Waals surface area contributed by atoms with E-state index in [1.807, 2.05) is 31.2 Å². The minimum absolute atomic E-state index is 0.0645. The van der Waals surface area contributed by atoms with Crippen molar-refractivity contribution in [1.29, 1.82) is 0 Å². The maximum Gasteiger partial charge on any atom is 0.296 e. The van der Waals surface area contributed by atoms with Crippen molar-refractivity contribution in [2.45, 2.75) is 39.2 Å². The number of oxazole rings is 1. The average molecular weight is 379 g/mol. The van der Waals surface area contributed by atoms with Gasteiger partial charge in [-0.1, -0.05) is 26.0 Å². The highest BCUT2D eigenvalue weighted by Gasteiger charge is 2.18. The van der Waals surface area contributed by atoms with Crippen molar-refractivity contribution in [3.05, 3.63) is 69.9 Å². The number of benzene rings is 1. The summed E-state index contributed by atoms with van der Waals surface area (Å²) in [5.41, 5.74) is 4.88. The molecular weight excluding hydrogens is 356 g/mol. The van der Waals surface area contributed by atoms with E-state index in [9.17, 15) is 0 Å². The number of pyridine rings is 1. The van der Waals surface area contributed by atoms with E-state index >= 15 is 0 Å². The van der Waals surface area contributed by atoms with Crippen LogP contribution in [0.5, 0.6) is 0 Å². The first-order valence-electron chi connectivity index (χ1n) is 9.07. The first-order chi connectivity index (χ1) is 13.1. The van der Waals surface area contributed by atoms with Crippen molar-refractivity contribution >= 4 is 28.5 Å². The summed E-state index contributed by atoms with van der Waals surface area (Å²) in [6.07, 6.45) is 2.52. The Labute approximate surface area is 162 Å². The Morgan fingerprint density at radius 3 is 2.74 bits per heavy atom. The molecule has 0 aliphatic heterocycles. The molecule has 4 rings (SSSR count). The third-order valence-corrected chi connectivity index (χ3v) is 5.32. The molecule has 3 aromatic heterocycles. The molecule has 4 aromatic rings. The topological polar surface area (TPSA) is 63.8 Å². The summed E-state index contributed by atoms with van der Waals surface area (Å²) in [5, 5.41) is 6.57. The number of nitrogens with one attached hydrogen (secondary N) is 1. The van der Waals surface area contributed by atoms with Crippen LogP contribution in [-0.2, 0) is 6.42 Å². The fourth-order valence-corrected chi connectivity index (χ4v) is 3.66. The Balaban J connectivity index is 1.63. The van der Waals surface area contributed by atoms with Crippen LogP contribution in [0.4, 0.5) is 6.01 Å². The largest absolute Gasteiger partial charge is 0.424 e. The summed E-state index contributed by atoms with van der Waals surface area (Å²) in [5.74, 6) is 0.455. The normalized spacial score (nSPS) is 12.6. The molecule has 0 spiro atoms. The molecule has 138 valence electrons. The first-order valence-corrected chi connectivity index (χ1v) is 9.95. The minimum atomic E-state index is -0.0645. The molecule has 5 nitrogen and oxygen atoms in total. The Kier molecular flexibility index (Phi) is 4.90. The number of aromatic nitrogens is 3.